The molecule has 0 bridgehead atoms. The Balaban J connectivity index is 1.58. The van der Waals surface area contributed by atoms with Gasteiger partial charge in [-0.15, -0.1) is 10.2 Å². The normalized spacial score (nSPS) is 11.8. The zero-order chi connectivity index (χ0) is 25.2. The maximum Gasteiger partial charge on any atom is 0.254 e. The molecule has 3 aromatic rings. The Hall–Kier alpha value is -2.77. The topological polar surface area (TPSA) is 75.2 Å². The Labute approximate surface area is 216 Å². The van der Waals surface area contributed by atoms with Crippen LogP contribution >= 0.6 is 22.9 Å². The van der Waals surface area contributed by atoms with Gasteiger partial charge in [0.2, 0.25) is 11.0 Å². The van der Waals surface area contributed by atoms with Crippen LogP contribution in [0.4, 0.5) is 5.13 Å². The van der Waals surface area contributed by atoms with E-state index in [1.54, 1.807) is 17.0 Å². The molecule has 186 valence electrons. The Bertz CT molecular complexity index is 1100. The number of carbonyl (C=O) groups is 2. The maximum absolute atomic E-state index is 13.2. The first-order chi connectivity index (χ1) is 16.9. The van der Waals surface area contributed by atoms with E-state index in [9.17, 15) is 9.59 Å². The first-order valence-electron chi connectivity index (χ1n) is 12.2. The van der Waals surface area contributed by atoms with Gasteiger partial charge in [0.15, 0.2) is 0 Å². The van der Waals surface area contributed by atoms with E-state index in [2.05, 4.69) is 22.4 Å². The molecule has 0 spiro atoms. The smallest absolute Gasteiger partial charge is 0.254 e. The van der Waals surface area contributed by atoms with Crippen molar-refractivity contribution in [3.8, 4) is 10.6 Å². The summed E-state index contributed by atoms with van der Waals surface area (Å²) in [6.45, 7) is 6.58. The number of aromatic nitrogens is 2. The summed E-state index contributed by atoms with van der Waals surface area (Å²) in [4.78, 5) is 27.6. The molecule has 1 heterocycles. The van der Waals surface area contributed by atoms with Crippen LogP contribution in [0.15, 0.2) is 48.5 Å². The van der Waals surface area contributed by atoms with Crippen molar-refractivity contribution < 1.29 is 9.59 Å². The fraction of sp³-hybridized carbons (Fsp3) is 0.407. The zero-order valence-corrected chi connectivity index (χ0v) is 22.2. The molecule has 0 saturated carbocycles. The van der Waals surface area contributed by atoms with Crippen LogP contribution in [0.25, 0.3) is 10.6 Å². The van der Waals surface area contributed by atoms with E-state index >= 15 is 0 Å². The Kier molecular flexibility index (Phi) is 10.2. The van der Waals surface area contributed by atoms with Gasteiger partial charge in [-0.25, -0.2) is 0 Å². The summed E-state index contributed by atoms with van der Waals surface area (Å²) >= 11 is 7.24. The van der Waals surface area contributed by atoms with Gasteiger partial charge < -0.3 is 10.2 Å². The molecule has 0 saturated heterocycles. The lowest BCUT2D eigenvalue weighted by molar-refractivity contribution is -0.116. The number of halogens is 1. The van der Waals surface area contributed by atoms with Crippen LogP contribution in [0.2, 0.25) is 5.02 Å². The molecule has 0 aliphatic rings. The van der Waals surface area contributed by atoms with Crippen LogP contribution in [0.1, 0.15) is 68.8 Å². The SMILES string of the molecule is CCCCCc1ccc(C(=O)N(CCC(=O)Nc2nnc(-c3ccc(Cl)cc3)s2)C(C)CC)cc1. The fourth-order valence-electron chi connectivity index (χ4n) is 3.69. The number of rotatable bonds is 12. The predicted octanol–water partition coefficient (Wildman–Crippen LogP) is 6.86. The molecule has 0 aliphatic heterocycles. The first kappa shape index (κ1) is 26.8. The third kappa shape index (κ3) is 7.87. The molecule has 1 N–H and O–H groups in total. The van der Waals surface area contributed by atoms with Crippen molar-refractivity contribution in [3.63, 3.8) is 0 Å². The third-order valence-corrected chi connectivity index (χ3v) is 7.14. The van der Waals surface area contributed by atoms with Gasteiger partial charge in [0.05, 0.1) is 0 Å². The second-order valence-electron chi connectivity index (χ2n) is 8.63. The molecule has 2 aromatic carbocycles. The molecule has 0 radical (unpaired) electrons. The highest BCUT2D eigenvalue weighted by Gasteiger charge is 2.22. The van der Waals surface area contributed by atoms with Crippen molar-refractivity contribution in [1.82, 2.24) is 15.1 Å². The molecule has 2 amide bonds. The Morgan fingerprint density at radius 1 is 1.03 bits per heavy atom. The highest BCUT2D eigenvalue weighted by Crippen LogP contribution is 2.27. The van der Waals surface area contributed by atoms with E-state index in [0.717, 1.165) is 24.8 Å². The number of aryl methyl sites for hydroxylation is 1. The number of nitrogens with one attached hydrogen (secondary N) is 1. The van der Waals surface area contributed by atoms with Crippen LogP contribution in [-0.2, 0) is 11.2 Å². The van der Waals surface area contributed by atoms with E-state index in [0.29, 0.717) is 27.3 Å². The van der Waals surface area contributed by atoms with Gasteiger partial charge in [-0.1, -0.05) is 73.9 Å². The van der Waals surface area contributed by atoms with Crippen molar-refractivity contribution in [3.05, 3.63) is 64.7 Å². The number of anilines is 1. The molecule has 1 atom stereocenters. The summed E-state index contributed by atoms with van der Waals surface area (Å²) in [5, 5.41) is 12.8. The highest BCUT2D eigenvalue weighted by molar-refractivity contribution is 7.18. The van der Waals surface area contributed by atoms with E-state index in [4.69, 9.17) is 11.6 Å². The van der Waals surface area contributed by atoms with E-state index in [-0.39, 0.29) is 24.3 Å². The van der Waals surface area contributed by atoms with Crippen molar-refractivity contribution in [2.75, 3.05) is 11.9 Å². The zero-order valence-electron chi connectivity index (χ0n) is 20.6. The van der Waals surface area contributed by atoms with Crippen molar-refractivity contribution in [1.29, 1.82) is 0 Å². The summed E-state index contributed by atoms with van der Waals surface area (Å²) in [7, 11) is 0. The third-order valence-electron chi connectivity index (χ3n) is 6.00. The summed E-state index contributed by atoms with van der Waals surface area (Å²) in [6, 6.07) is 15.2. The van der Waals surface area contributed by atoms with Gasteiger partial charge in [0.1, 0.15) is 5.01 Å². The molecule has 8 heteroatoms. The first-order valence-corrected chi connectivity index (χ1v) is 13.4. The van der Waals surface area contributed by atoms with Gasteiger partial charge in [-0.05, 0) is 56.0 Å². The lowest BCUT2D eigenvalue weighted by atomic mass is 10.0. The van der Waals surface area contributed by atoms with Gasteiger partial charge in [-0.2, -0.15) is 0 Å². The molecule has 0 fully saturated rings. The largest absolute Gasteiger partial charge is 0.335 e. The molecule has 35 heavy (non-hydrogen) atoms. The summed E-state index contributed by atoms with van der Waals surface area (Å²) < 4.78 is 0. The molecule has 3 rings (SSSR count). The quantitative estimate of drug-likeness (QED) is 0.269. The molecular formula is C27H33ClN4O2S. The number of benzene rings is 2. The van der Waals surface area contributed by atoms with Crippen LogP contribution in [0.5, 0.6) is 0 Å². The average Bonchev–Trinajstić information content (AvgIpc) is 3.33. The van der Waals surface area contributed by atoms with Gasteiger partial charge >= 0.3 is 0 Å². The van der Waals surface area contributed by atoms with Crippen LogP contribution < -0.4 is 5.32 Å². The number of amides is 2. The average molecular weight is 513 g/mol. The van der Waals surface area contributed by atoms with E-state index in [1.807, 2.05) is 50.2 Å². The molecule has 6 nitrogen and oxygen atoms in total. The van der Waals surface area contributed by atoms with Gasteiger partial charge in [0.25, 0.3) is 5.91 Å². The molecule has 0 aliphatic carbocycles. The highest BCUT2D eigenvalue weighted by atomic mass is 35.5. The second-order valence-corrected chi connectivity index (χ2v) is 10.0. The van der Waals surface area contributed by atoms with E-state index in [1.165, 1.54) is 29.7 Å². The number of nitrogens with zero attached hydrogens (tertiary/aromatic N) is 3. The number of hydrogen-bond donors (Lipinski definition) is 1. The molecule has 1 aromatic heterocycles. The molecule has 1 unspecified atom stereocenters. The minimum absolute atomic E-state index is 0.0255. The van der Waals surface area contributed by atoms with Crippen LogP contribution in [0.3, 0.4) is 0 Å². The van der Waals surface area contributed by atoms with Gasteiger partial charge in [0, 0.05) is 35.2 Å². The lowest BCUT2D eigenvalue weighted by Gasteiger charge is -2.28. The minimum Gasteiger partial charge on any atom is -0.335 e. The Morgan fingerprint density at radius 2 is 1.74 bits per heavy atom. The van der Waals surface area contributed by atoms with Gasteiger partial charge in [-0.3, -0.25) is 9.59 Å². The van der Waals surface area contributed by atoms with Crippen molar-refractivity contribution in [2.24, 2.45) is 0 Å². The summed E-state index contributed by atoms with van der Waals surface area (Å²) in [6.07, 6.45) is 5.58. The summed E-state index contributed by atoms with van der Waals surface area (Å²) in [5.74, 6) is -0.246. The molecular weight excluding hydrogens is 480 g/mol. The van der Waals surface area contributed by atoms with E-state index < -0.39 is 0 Å². The second kappa shape index (κ2) is 13.4. The number of unbranched alkanes of at least 4 members (excludes halogenated alkanes) is 2. The maximum atomic E-state index is 13.2. The minimum atomic E-state index is -0.198. The fourth-order valence-corrected chi connectivity index (χ4v) is 4.58. The Morgan fingerprint density at radius 3 is 2.40 bits per heavy atom. The van der Waals surface area contributed by atoms with Crippen molar-refractivity contribution >= 4 is 39.9 Å². The van der Waals surface area contributed by atoms with Crippen molar-refractivity contribution in [2.45, 2.75) is 65.3 Å². The van der Waals surface area contributed by atoms with Crippen LogP contribution in [-0.4, -0.2) is 39.5 Å². The number of hydrogen-bond acceptors (Lipinski definition) is 5. The standard InChI is InChI=1S/C27H33ClN4O2S/c1-4-6-7-8-20-9-11-22(12-10-20)26(34)32(19(3)5-2)18-17-24(33)29-27-31-30-25(35-27)21-13-15-23(28)16-14-21/h9-16,19H,4-8,17-18H2,1-3H3,(H,29,31,33). The lowest BCUT2D eigenvalue weighted by Crippen LogP contribution is -2.40. The summed E-state index contributed by atoms with van der Waals surface area (Å²) in [5.41, 5.74) is 2.79. The monoisotopic (exact) mass is 512 g/mol. The van der Waals surface area contributed by atoms with Crippen LogP contribution in [0, 0.1) is 0 Å². The number of carbonyl (C=O) groups excluding carboxylic acids is 2. The predicted molar refractivity (Wildman–Crippen MR) is 144 cm³/mol.